The second-order valence-corrected chi connectivity index (χ2v) is 3.71. The van der Waals surface area contributed by atoms with Crippen molar-refractivity contribution in [3.05, 3.63) is 45.8 Å². The van der Waals surface area contributed by atoms with Crippen molar-refractivity contribution < 1.29 is 0 Å². The maximum absolute atomic E-state index is 11.9. The van der Waals surface area contributed by atoms with Crippen molar-refractivity contribution in [3.63, 3.8) is 0 Å². The summed E-state index contributed by atoms with van der Waals surface area (Å²) in [7, 11) is 0. The van der Waals surface area contributed by atoms with Crippen LogP contribution >= 0.6 is 0 Å². The van der Waals surface area contributed by atoms with E-state index in [1.54, 1.807) is 16.8 Å². The van der Waals surface area contributed by atoms with Gasteiger partial charge in [-0.2, -0.15) is 0 Å². The molecule has 88 valence electrons. The van der Waals surface area contributed by atoms with Crippen LogP contribution in [0.2, 0.25) is 0 Å². The van der Waals surface area contributed by atoms with Crippen LogP contribution in [0.25, 0.3) is 0 Å². The van der Waals surface area contributed by atoms with Gasteiger partial charge in [-0.1, -0.05) is 13.0 Å². The lowest BCUT2D eigenvalue weighted by Crippen LogP contribution is -2.38. The standard InChI is InChI=1S/C12H18N2O2/c1-3-5-6-9-14-11(15)7-10-13(8-4-2)12(14)16/h3,7,10H,1,4-6,8-9H2,2H3. The molecule has 0 aliphatic heterocycles. The van der Waals surface area contributed by atoms with Crippen LogP contribution in [0.4, 0.5) is 0 Å². The Morgan fingerprint density at radius 3 is 2.75 bits per heavy atom. The van der Waals surface area contributed by atoms with Crippen molar-refractivity contribution in [1.82, 2.24) is 9.13 Å². The number of hydrogen-bond acceptors (Lipinski definition) is 2. The molecule has 4 heteroatoms. The molecule has 0 N–H and O–H groups in total. The predicted molar refractivity (Wildman–Crippen MR) is 64.7 cm³/mol. The van der Waals surface area contributed by atoms with Gasteiger partial charge in [0.05, 0.1) is 0 Å². The molecule has 0 aliphatic rings. The molecule has 0 amide bonds. The van der Waals surface area contributed by atoms with Crippen molar-refractivity contribution in [3.8, 4) is 0 Å². The summed E-state index contributed by atoms with van der Waals surface area (Å²) in [4.78, 5) is 23.4. The van der Waals surface area contributed by atoms with Gasteiger partial charge in [0.15, 0.2) is 0 Å². The van der Waals surface area contributed by atoms with Gasteiger partial charge in [-0.25, -0.2) is 4.79 Å². The minimum Gasteiger partial charge on any atom is -0.300 e. The summed E-state index contributed by atoms with van der Waals surface area (Å²) in [5, 5.41) is 0. The number of nitrogens with zero attached hydrogens (tertiary/aromatic N) is 2. The molecule has 0 fully saturated rings. The molecule has 0 saturated heterocycles. The minimum atomic E-state index is -0.221. The number of hydrogen-bond donors (Lipinski definition) is 0. The Kier molecular flexibility index (Phi) is 4.76. The van der Waals surface area contributed by atoms with Gasteiger partial charge in [-0.3, -0.25) is 9.36 Å². The highest BCUT2D eigenvalue weighted by atomic mass is 16.2. The van der Waals surface area contributed by atoms with Crippen molar-refractivity contribution in [2.45, 2.75) is 39.3 Å². The van der Waals surface area contributed by atoms with Crippen LogP contribution in [0.3, 0.4) is 0 Å². The van der Waals surface area contributed by atoms with Crippen molar-refractivity contribution in [1.29, 1.82) is 0 Å². The summed E-state index contributed by atoms with van der Waals surface area (Å²) >= 11 is 0. The Morgan fingerprint density at radius 1 is 1.38 bits per heavy atom. The summed E-state index contributed by atoms with van der Waals surface area (Å²) < 4.78 is 2.87. The van der Waals surface area contributed by atoms with Gasteiger partial charge in [0.25, 0.3) is 5.56 Å². The normalized spacial score (nSPS) is 10.3. The first-order chi connectivity index (χ1) is 7.70. The highest BCUT2D eigenvalue weighted by Gasteiger charge is 2.03. The van der Waals surface area contributed by atoms with E-state index in [9.17, 15) is 9.59 Å². The fraction of sp³-hybridized carbons (Fsp3) is 0.500. The molecule has 1 rings (SSSR count). The first-order valence-electron chi connectivity index (χ1n) is 5.62. The Bertz CT molecular complexity index is 457. The van der Waals surface area contributed by atoms with Gasteiger partial charge in [0, 0.05) is 25.4 Å². The molecule has 1 heterocycles. The average Bonchev–Trinajstić information content (AvgIpc) is 2.27. The van der Waals surface area contributed by atoms with Gasteiger partial charge in [0.2, 0.25) is 0 Å². The van der Waals surface area contributed by atoms with E-state index < -0.39 is 0 Å². The number of aromatic nitrogens is 2. The largest absolute Gasteiger partial charge is 0.330 e. The molecule has 0 atom stereocenters. The van der Waals surface area contributed by atoms with E-state index in [-0.39, 0.29) is 11.2 Å². The molecule has 0 saturated carbocycles. The summed E-state index contributed by atoms with van der Waals surface area (Å²) in [6.45, 7) is 6.73. The van der Waals surface area contributed by atoms with Crippen LogP contribution in [0.5, 0.6) is 0 Å². The molecule has 0 spiro atoms. The molecule has 0 aliphatic carbocycles. The van der Waals surface area contributed by atoms with E-state index in [1.165, 1.54) is 10.6 Å². The molecular weight excluding hydrogens is 204 g/mol. The highest BCUT2D eigenvalue weighted by Crippen LogP contribution is 1.91. The van der Waals surface area contributed by atoms with Gasteiger partial charge in [0.1, 0.15) is 0 Å². The fourth-order valence-electron chi connectivity index (χ4n) is 1.57. The monoisotopic (exact) mass is 222 g/mol. The second kappa shape index (κ2) is 6.10. The van der Waals surface area contributed by atoms with Gasteiger partial charge < -0.3 is 4.57 Å². The summed E-state index contributed by atoms with van der Waals surface area (Å²) in [6, 6.07) is 1.45. The first kappa shape index (κ1) is 12.5. The zero-order chi connectivity index (χ0) is 12.0. The van der Waals surface area contributed by atoms with E-state index in [4.69, 9.17) is 0 Å². The fourth-order valence-corrected chi connectivity index (χ4v) is 1.57. The predicted octanol–water partition coefficient (Wildman–Crippen LogP) is 1.39. The molecule has 0 aromatic carbocycles. The molecule has 16 heavy (non-hydrogen) atoms. The van der Waals surface area contributed by atoms with E-state index in [0.29, 0.717) is 13.1 Å². The summed E-state index contributed by atoms with van der Waals surface area (Å²) in [5.41, 5.74) is -0.431. The van der Waals surface area contributed by atoms with Crippen LogP contribution in [-0.4, -0.2) is 9.13 Å². The van der Waals surface area contributed by atoms with E-state index >= 15 is 0 Å². The highest BCUT2D eigenvalue weighted by molar-refractivity contribution is 4.86. The second-order valence-electron chi connectivity index (χ2n) is 3.71. The van der Waals surface area contributed by atoms with Crippen LogP contribution < -0.4 is 11.2 Å². The Morgan fingerprint density at radius 2 is 2.12 bits per heavy atom. The molecule has 1 aromatic heterocycles. The van der Waals surface area contributed by atoms with Gasteiger partial charge in [-0.05, 0) is 19.3 Å². The Labute approximate surface area is 94.8 Å². The lowest BCUT2D eigenvalue weighted by atomic mass is 10.3. The summed E-state index contributed by atoms with van der Waals surface area (Å²) in [5.74, 6) is 0. The SMILES string of the molecule is C=CCCCn1c(=O)ccn(CCC)c1=O. The Hall–Kier alpha value is -1.58. The molecule has 4 nitrogen and oxygen atoms in total. The third-order valence-corrected chi connectivity index (χ3v) is 2.39. The smallest absolute Gasteiger partial charge is 0.300 e. The number of allylic oxidation sites excluding steroid dienone is 1. The lowest BCUT2D eigenvalue weighted by molar-refractivity contribution is 0.532. The minimum absolute atomic E-state index is 0.210. The van der Waals surface area contributed by atoms with Crippen LogP contribution in [-0.2, 0) is 13.1 Å². The van der Waals surface area contributed by atoms with E-state index in [1.807, 2.05) is 6.92 Å². The molecule has 0 bridgehead atoms. The van der Waals surface area contributed by atoms with Crippen LogP contribution in [0, 0.1) is 0 Å². The summed E-state index contributed by atoms with van der Waals surface area (Å²) in [6.07, 6.45) is 5.82. The maximum atomic E-state index is 11.9. The van der Waals surface area contributed by atoms with Crippen molar-refractivity contribution in [2.24, 2.45) is 0 Å². The zero-order valence-corrected chi connectivity index (χ0v) is 9.69. The van der Waals surface area contributed by atoms with Crippen molar-refractivity contribution in [2.75, 3.05) is 0 Å². The molecule has 0 unspecified atom stereocenters. The average molecular weight is 222 g/mol. The molecule has 0 radical (unpaired) electrons. The van der Waals surface area contributed by atoms with Gasteiger partial charge >= 0.3 is 5.69 Å². The number of unbranched alkanes of at least 4 members (excludes halogenated alkanes) is 1. The number of aryl methyl sites for hydroxylation is 1. The number of rotatable bonds is 6. The molecule has 1 aromatic rings. The van der Waals surface area contributed by atoms with Gasteiger partial charge in [-0.15, -0.1) is 6.58 Å². The van der Waals surface area contributed by atoms with E-state index in [2.05, 4.69) is 6.58 Å². The maximum Gasteiger partial charge on any atom is 0.330 e. The van der Waals surface area contributed by atoms with Crippen LogP contribution in [0.15, 0.2) is 34.5 Å². The first-order valence-corrected chi connectivity index (χ1v) is 5.62. The third kappa shape index (κ3) is 2.95. The Balaban J connectivity index is 2.97. The molecular formula is C12H18N2O2. The third-order valence-electron chi connectivity index (χ3n) is 2.39. The lowest BCUT2D eigenvalue weighted by Gasteiger charge is -2.08. The zero-order valence-electron chi connectivity index (χ0n) is 9.69. The quantitative estimate of drug-likeness (QED) is 0.539. The van der Waals surface area contributed by atoms with Crippen LogP contribution in [0.1, 0.15) is 26.2 Å². The van der Waals surface area contributed by atoms with Crippen molar-refractivity contribution >= 4 is 0 Å². The topological polar surface area (TPSA) is 44.0 Å². The van der Waals surface area contributed by atoms with E-state index in [0.717, 1.165) is 19.3 Å².